The van der Waals surface area contributed by atoms with Crippen LogP contribution >= 0.6 is 11.6 Å². The molecule has 68 valence electrons. The molecule has 0 aliphatic carbocycles. The quantitative estimate of drug-likeness (QED) is 0.636. The Morgan fingerprint density at radius 3 is 2.85 bits per heavy atom. The molecule has 0 bridgehead atoms. The van der Waals surface area contributed by atoms with Crippen molar-refractivity contribution in [3.8, 4) is 12.3 Å². The van der Waals surface area contributed by atoms with Crippen molar-refractivity contribution >= 4 is 11.6 Å². The lowest BCUT2D eigenvalue weighted by Gasteiger charge is -2.10. The van der Waals surface area contributed by atoms with Gasteiger partial charge in [0, 0.05) is 11.5 Å². The van der Waals surface area contributed by atoms with E-state index in [1.165, 1.54) is 0 Å². The van der Waals surface area contributed by atoms with Crippen LogP contribution in [0.2, 0.25) is 5.02 Å². The van der Waals surface area contributed by atoms with E-state index in [9.17, 15) is 4.39 Å². The van der Waals surface area contributed by atoms with Crippen LogP contribution in [-0.4, -0.2) is 6.67 Å². The van der Waals surface area contributed by atoms with Gasteiger partial charge in [0.1, 0.15) is 0 Å². The van der Waals surface area contributed by atoms with Gasteiger partial charge in [-0.15, -0.1) is 6.42 Å². The Morgan fingerprint density at radius 1 is 1.62 bits per heavy atom. The van der Waals surface area contributed by atoms with Crippen molar-refractivity contribution in [2.45, 2.75) is 12.8 Å². The molecule has 1 atom stereocenters. The Bertz CT molecular complexity index is 338. The van der Waals surface area contributed by atoms with Crippen molar-refractivity contribution < 1.29 is 4.39 Å². The molecule has 0 radical (unpaired) electrons. The van der Waals surface area contributed by atoms with Gasteiger partial charge in [-0.3, -0.25) is 4.39 Å². The van der Waals surface area contributed by atoms with Crippen LogP contribution in [0.5, 0.6) is 0 Å². The van der Waals surface area contributed by atoms with Gasteiger partial charge in [0.2, 0.25) is 0 Å². The van der Waals surface area contributed by atoms with Gasteiger partial charge in [-0.2, -0.15) is 0 Å². The Hall–Kier alpha value is -1.00. The highest BCUT2D eigenvalue weighted by molar-refractivity contribution is 6.32. The molecular formula is C11H10ClF. The monoisotopic (exact) mass is 196 g/mol. The van der Waals surface area contributed by atoms with Gasteiger partial charge in [-0.05, 0) is 11.6 Å². The van der Waals surface area contributed by atoms with E-state index in [1.54, 1.807) is 25.1 Å². The minimum absolute atomic E-state index is 0.194. The van der Waals surface area contributed by atoms with Gasteiger partial charge in [0.05, 0.1) is 11.7 Å². The smallest absolute Gasteiger partial charge is 0.0960 e. The maximum atomic E-state index is 12.4. The van der Waals surface area contributed by atoms with Crippen molar-refractivity contribution in [2.24, 2.45) is 0 Å². The summed E-state index contributed by atoms with van der Waals surface area (Å²) >= 11 is 5.97. The minimum atomic E-state index is -0.423. The van der Waals surface area contributed by atoms with E-state index in [2.05, 4.69) is 5.92 Å². The molecule has 1 aromatic carbocycles. The zero-order valence-corrected chi connectivity index (χ0v) is 8.11. The van der Waals surface area contributed by atoms with Crippen LogP contribution in [0, 0.1) is 12.3 Å². The Kier molecular flexibility index (Phi) is 3.33. The van der Waals surface area contributed by atoms with Crippen molar-refractivity contribution in [3.05, 3.63) is 34.3 Å². The molecule has 0 aliphatic rings. The third-order valence-electron chi connectivity index (χ3n) is 1.95. The molecule has 0 N–H and O–H groups in total. The summed E-state index contributed by atoms with van der Waals surface area (Å²) < 4.78 is 12.4. The normalized spacial score (nSPS) is 12.2. The number of benzene rings is 1. The zero-order valence-electron chi connectivity index (χ0n) is 7.35. The predicted octanol–water partition coefficient (Wildman–Crippen LogP) is 3.39. The third-order valence-corrected chi connectivity index (χ3v) is 2.37. The summed E-state index contributed by atoms with van der Waals surface area (Å²) in [7, 11) is 0. The van der Waals surface area contributed by atoms with Crippen molar-refractivity contribution in [2.75, 3.05) is 6.67 Å². The second-order valence-corrected chi connectivity index (χ2v) is 3.29. The molecule has 1 rings (SSSR count). The molecule has 0 aliphatic heterocycles. The lowest BCUT2D eigenvalue weighted by Crippen LogP contribution is -1.97. The maximum absolute atomic E-state index is 12.4. The Labute approximate surface area is 82.7 Å². The molecule has 0 amide bonds. The summed E-state index contributed by atoms with van der Waals surface area (Å²) in [5.41, 5.74) is 1.40. The molecule has 2 heteroatoms. The van der Waals surface area contributed by atoms with Gasteiger partial charge in [0.15, 0.2) is 0 Å². The van der Waals surface area contributed by atoms with Gasteiger partial charge < -0.3 is 0 Å². The summed E-state index contributed by atoms with van der Waals surface area (Å²) in [6.07, 6.45) is 5.23. The number of hydrogen-bond acceptors (Lipinski definition) is 0. The van der Waals surface area contributed by atoms with E-state index in [1.807, 2.05) is 0 Å². The molecule has 1 aromatic rings. The molecule has 0 saturated carbocycles. The first kappa shape index (κ1) is 10.1. The number of halogens is 2. The lowest BCUT2D eigenvalue weighted by atomic mass is 10.0. The average molecular weight is 197 g/mol. The fourth-order valence-corrected chi connectivity index (χ4v) is 1.49. The first-order valence-corrected chi connectivity index (χ1v) is 4.39. The van der Waals surface area contributed by atoms with Gasteiger partial charge in [-0.25, -0.2) is 0 Å². The Balaban J connectivity index is 3.17. The average Bonchev–Trinajstić information content (AvgIpc) is 2.17. The second-order valence-electron chi connectivity index (χ2n) is 2.91. The summed E-state index contributed by atoms with van der Waals surface area (Å²) in [4.78, 5) is 0. The molecular weight excluding hydrogens is 187 g/mol. The van der Waals surface area contributed by atoms with Gasteiger partial charge in [0.25, 0.3) is 0 Å². The van der Waals surface area contributed by atoms with Crippen LogP contribution in [-0.2, 0) is 0 Å². The fourth-order valence-electron chi connectivity index (χ4n) is 1.13. The molecule has 0 nitrogen and oxygen atoms in total. The first-order valence-electron chi connectivity index (χ1n) is 4.01. The maximum Gasteiger partial charge on any atom is 0.0960 e. The molecule has 0 spiro atoms. The van der Waals surface area contributed by atoms with Crippen molar-refractivity contribution in [1.29, 1.82) is 0 Å². The van der Waals surface area contributed by atoms with E-state index in [-0.39, 0.29) is 5.92 Å². The molecule has 13 heavy (non-hydrogen) atoms. The summed E-state index contributed by atoms with van der Waals surface area (Å²) in [6.45, 7) is 1.36. The first-order chi connectivity index (χ1) is 6.20. The van der Waals surface area contributed by atoms with E-state index < -0.39 is 6.67 Å². The minimum Gasteiger partial charge on any atom is -0.250 e. The molecule has 0 saturated heterocycles. The number of terminal acetylenes is 1. The number of alkyl halides is 1. The number of rotatable bonds is 2. The summed E-state index contributed by atoms with van der Waals surface area (Å²) in [5, 5.41) is 0.496. The standard InChI is InChI=1S/C11H10ClF/c1-3-9-5-4-6-10(11(9)12)8(2)7-13/h1,4-6,8H,7H2,2H3. The highest BCUT2D eigenvalue weighted by atomic mass is 35.5. The zero-order chi connectivity index (χ0) is 9.84. The largest absolute Gasteiger partial charge is 0.250 e. The van der Waals surface area contributed by atoms with Crippen LogP contribution in [0.4, 0.5) is 4.39 Å². The van der Waals surface area contributed by atoms with Crippen LogP contribution in [0.25, 0.3) is 0 Å². The van der Waals surface area contributed by atoms with Crippen molar-refractivity contribution in [3.63, 3.8) is 0 Å². The highest BCUT2D eigenvalue weighted by Gasteiger charge is 2.10. The van der Waals surface area contributed by atoms with Crippen LogP contribution in [0.3, 0.4) is 0 Å². The third kappa shape index (κ3) is 2.02. The fraction of sp³-hybridized carbons (Fsp3) is 0.273. The van der Waals surface area contributed by atoms with E-state index in [4.69, 9.17) is 18.0 Å². The molecule has 1 unspecified atom stereocenters. The van der Waals surface area contributed by atoms with E-state index >= 15 is 0 Å². The SMILES string of the molecule is C#Cc1cccc(C(C)CF)c1Cl. The van der Waals surface area contributed by atoms with Crippen LogP contribution in [0.15, 0.2) is 18.2 Å². The van der Waals surface area contributed by atoms with Crippen LogP contribution < -0.4 is 0 Å². The van der Waals surface area contributed by atoms with Crippen molar-refractivity contribution in [1.82, 2.24) is 0 Å². The second kappa shape index (κ2) is 4.30. The summed E-state index contributed by atoms with van der Waals surface area (Å²) in [6, 6.07) is 5.34. The predicted molar refractivity (Wildman–Crippen MR) is 53.8 cm³/mol. The van der Waals surface area contributed by atoms with Gasteiger partial charge >= 0.3 is 0 Å². The Morgan fingerprint density at radius 2 is 2.31 bits per heavy atom. The molecule has 0 fully saturated rings. The van der Waals surface area contributed by atoms with E-state index in [0.717, 1.165) is 5.56 Å². The topological polar surface area (TPSA) is 0 Å². The van der Waals surface area contributed by atoms with Gasteiger partial charge in [-0.1, -0.05) is 36.6 Å². The van der Waals surface area contributed by atoms with E-state index in [0.29, 0.717) is 10.6 Å². The molecule has 0 aromatic heterocycles. The summed E-state index contributed by atoms with van der Waals surface area (Å²) in [5.74, 6) is 2.27. The molecule has 0 heterocycles. The highest BCUT2D eigenvalue weighted by Crippen LogP contribution is 2.27. The number of hydrogen-bond donors (Lipinski definition) is 0. The lowest BCUT2D eigenvalue weighted by molar-refractivity contribution is 0.447. The van der Waals surface area contributed by atoms with Crippen LogP contribution in [0.1, 0.15) is 24.0 Å².